The first-order valence-electron chi connectivity index (χ1n) is 9.32. The quantitative estimate of drug-likeness (QED) is 0.448. The Balaban J connectivity index is 1.56. The van der Waals surface area contributed by atoms with Crippen molar-refractivity contribution in [1.29, 1.82) is 0 Å². The highest BCUT2D eigenvalue weighted by Crippen LogP contribution is 2.31. The van der Waals surface area contributed by atoms with Crippen molar-refractivity contribution in [3.05, 3.63) is 69.4 Å². The van der Waals surface area contributed by atoms with E-state index in [1.807, 2.05) is 24.0 Å². The predicted octanol–water partition coefficient (Wildman–Crippen LogP) is 3.62. The van der Waals surface area contributed by atoms with Gasteiger partial charge in [0.15, 0.2) is 0 Å². The standard InChI is InChI=1S/C20H19ClN4O4S/c1-14-11-15-3-2-4-19(20(15)22-13-14)30(28,29)24-9-7-23(8-10-24)18-6-5-16(25(26)27)12-17(18)21/h2-6,11-13H,7-10H2,1H3. The van der Waals surface area contributed by atoms with Crippen LogP contribution in [0.25, 0.3) is 10.9 Å². The SMILES string of the molecule is Cc1cnc2c(S(=O)(=O)N3CCN(c4ccc([N+](=O)[O-])cc4Cl)CC3)cccc2c1. The molecule has 1 aliphatic heterocycles. The number of aromatic nitrogens is 1. The smallest absolute Gasteiger partial charge is 0.271 e. The Kier molecular flexibility index (Phi) is 5.35. The number of hydrogen-bond donors (Lipinski definition) is 0. The summed E-state index contributed by atoms with van der Waals surface area (Å²) in [5.74, 6) is 0. The molecule has 0 spiro atoms. The molecule has 0 bridgehead atoms. The third kappa shape index (κ3) is 3.71. The molecule has 4 rings (SSSR count). The number of non-ortho nitro benzene ring substituents is 1. The molecule has 1 aliphatic rings. The van der Waals surface area contributed by atoms with Gasteiger partial charge in [-0.1, -0.05) is 23.7 Å². The lowest BCUT2D eigenvalue weighted by Crippen LogP contribution is -2.48. The molecule has 10 heteroatoms. The lowest BCUT2D eigenvalue weighted by atomic mass is 10.2. The van der Waals surface area contributed by atoms with E-state index in [1.54, 1.807) is 24.4 Å². The number of aryl methyl sites for hydroxylation is 1. The van der Waals surface area contributed by atoms with Gasteiger partial charge in [0.1, 0.15) is 4.90 Å². The molecule has 0 N–H and O–H groups in total. The topological polar surface area (TPSA) is 96.7 Å². The van der Waals surface area contributed by atoms with E-state index in [1.165, 1.54) is 16.4 Å². The number of hydrogen-bond acceptors (Lipinski definition) is 6. The van der Waals surface area contributed by atoms with Crippen molar-refractivity contribution in [2.24, 2.45) is 0 Å². The molecule has 0 unspecified atom stereocenters. The molecule has 30 heavy (non-hydrogen) atoms. The molecule has 0 aliphatic carbocycles. The third-order valence-electron chi connectivity index (χ3n) is 5.15. The van der Waals surface area contributed by atoms with Gasteiger partial charge in [0.25, 0.3) is 5.69 Å². The van der Waals surface area contributed by atoms with Crippen LogP contribution in [0.1, 0.15) is 5.56 Å². The lowest BCUT2D eigenvalue weighted by Gasteiger charge is -2.35. The first-order valence-corrected chi connectivity index (χ1v) is 11.1. The van der Waals surface area contributed by atoms with E-state index in [-0.39, 0.29) is 28.7 Å². The number of sulfonamides is 1. The summed E-state index contributed by atoms with van der Waals surface area (Å²) in [5, 5.41) is 12.0. The lowest BCUT2D eigenvalue weighted by molar-refractivity contribution is -0.384. The third-order valence-corrected chi connectivity index (χ3v) is 7.38. The van der Waals surface area contributed by atoms with Gasteiger partial charge in [-0.2, -0.15) is 4.31 Å². The fraction of sp³-hybridized carbons (Fsp3) is 0.250. The van der Waals surface area contributed by atoms with Gasteiger partial charge in [0, 0.05) is 49.9 Å². The van der Waals surface area contributed by atoms with E-state index in [2.05, 4.69) is 4.98 Å². The molecule has 156 valence electrons. The average molecular weight is 447 g/mol. The highest BCUT2D eigenvalue weighted by molar-refractivity contribution is 7.89. The second-order valence-electron chi connectivity index (χ2n) is 7.12. The number of nitrogens with zero attached hydrogens (tertiary/aromatic N) is 4. The van der Waals surface area contributed by atoms with E-state index < -0.39 is 14.9 Å². The maximum absolute atomic E-state index is 13.3. The molecule has 2 aromatic carbocycles. The molecule has 3 aromatic rings. The fourth-order valence-corrected chi connectivity index (χ4v) is 5.51. The Morgan fingerprint density at radius 3 is 2.50 bits per heavy atom. The first kappa shape index (κ1) is 20.5. The second kappa shape index (κ2) is 7.82. The van der Waals surface area contributed by atoms with Crippen molar-refractivity contribution in [2.75, 3.05) is 31.1 Å². The Labute approximate surface area is 178 Å². The first-order chi connectivity index (χ1) is 14.3. The molecule has 2 heterocycles. The Hall–Kier alpha value is -2.75. The van der Waals surface area contributed by atoms with Crippen LogP contribution in [0.4, 0.5) is 11.4 Å². The van der Waals surface area contributed by atoms with Gasteiger partial charge < -0.3 is 4.90 Å². The van der Waals surface area contributed by atoms with Gasteiger partial charge in [-0.15, -0.1) is 0 Å². The van der Waals surface area contributed by atoms with Gasteiger partial charge in [0.05, 0.1) is 21.2 Å². The molecule has 1 aromatic heterocycles. The van der Waals surface area contributed by atoms with Crippen LogP contribution in [-0.4, -0.2) is 48.8 Å². The minimum atomic E-state index is -3.71. The molecular weight excluding hydrogens is 428 g/mol. The Bertz CT molecular complexity index is 1240. The van der Waals surface area contributed by atoms with Gasteiger partial charge in [0.2, 0.25) is 10.0 Å². The van der Waals surface area contributed by atoms with Crippen molar-refractivity contribution in [1.82, 2.24) is 9.29 Å². The molecule has 0 saturated carbocycles. The van der Waals surface area contributed by atoms with Gasteiger partial charge >= 0.3 is 0 Å². The molecule has 0 amide bonds. The van der Waals surface area contributed by atoms with Crippen LogP contribution < -0.4 is 4.90 Å². The van der Waals surface area contributed by atoms with E-state index in [9.17, 15) is 18.5 Å². The van der Waals surface area contributed by atoms with Crippen LogP contribution in [0.2, 0.25) is 5.02 Å². The number of piperazine rings is 1. The number of fused-ring (bicyclic) bond motifs is 1. The van der Waals surface area contributed by atoms with E-state index >= 15 is 0 Å². The second-order valence-corrected chi connectivity index (χ2v) is 9.44. The van der Waals surface area contributed by atoms with Crippen LogP contribution in [-0.2, 0) is 10.0 Å². The molecular formula is C20H19ClN4O4S. The number of benzene rings is 2. The number of nitro groups is 1. The van der Waals surface area contributed by atoms with E-state index in [0.717, 1.165) is 10.9 Å². The Morgan fingerprint density at radius 2 is 1.83 bits per heavy atom. The fourth-order valence-electron chi connectivity index (χ4n) is 3.63. The number of rotatable bonds is 4. The Morgan fingerprint density at radius 1 is 1.10 bits per heavy atom. The van der Waals surface area contributed by atoms with Crippen molar-refractivity contribution >= 4 is 43.9 Å². The van der Waals surface area contributed by atoms with Crippen LogP contribution in [0.5, 0.6) is 0 Å². The predicted molar refractivity (Wildman–Crippen MR) is 116 cm³/mol. The van der Waals surface area contributed by atoms with E-state index in [4.69, 9.17) is 11.6 Å². The normalized spacial score (nSPS) is 15.5. The summed E-state index contributed by atoms with van der Waals surface area (Å²) >= 11 is 6.22. The highest BCUT2D eigenvalue weighted by atomic mass is 35.5. The maximum atomic E-state index is 13.3. The average Bonchev–Trinajstić information content (AvgIpc) is 2.73. The van der Waals surface area contributed by atoms with Gasteiger partial charge in [-0.3, -0.25) is 15.1 Å². The van der Waals surface area contributed by atoms with Gasteiger partial charge in [-0.05, 0) is 30.7 Å². The van der Waals surface area contributed by atoms with Crippen LogP contribution in [0.15, 0.2) is 53.6 Å². The zero-order valence-electron chi connectivity index (χ0n) is 16.2. The summed E-state index contributed by atoms with van der Waals surface area (Å²) in [6.07, 6.45) is 1.66. The summed E-state index contributed by atoms with van der Waals surface area (Å²) in [6.45, 7) is 3.31. The minimum absolute atomic E-state index is 0.0799. The maximum Gasteiger partial charge on any atom is 0.271 e. The van der Waals surface area contributed by atoms with Crippen molar-refractivity contribution in [3.63, 3.8) is 0 Å². The largest absolute Gasteiger partial charge is 0.368 e. The van der Waals surface area contributed by atoms with Crippen molar-refractivity contribution in [3.8, 4) is 0 Å². The highest BCUT2D eigenvalue weighted by Gasteiger charge is 2.31. The van der Waals surface area contributed by atoms with Gasteiger partial charge in [-0.25, -0.2) is 8.42 Å². The van der Waals surface area contributed by atoms with Crippen LogP contribution >= 0.6 is 11.6 Å². The zero-order chi connectivity index (χ0) is 21.5. The molecule has 1 saturated heterocycles. The number of anilines is 1. The number of para-hydroxylation sites is 1. The van der Waals surface area contributed by atoms with Crippen molar-refractivity contribution in [2.45, 2.75) is 11.8 Å². The van der Waals surface area contributed by atoms with Crippen molar-refractivity contribution < 1.29 is 13.3 Å². The summed E-state index contributed by atoms with van der Waals surface area (Å²) in [5.41, 5.74) is 2.00. The number of pyridine rings is 1. The zero-order valence-corrected chi connectivity index (χ0v) is 17.7. The summed E-state index contributed by atoms with van der Waals surface area (Å²) < 4.78 is 28.0. The monoisotopic (exact) mass is 446 g/mol. The minimum Gasteiger partial charge on any atom is -0.368 e. The molecule has 1 fully saturated rings. The summed E-state index contributed by atoms with van der Waals surface area (Å²) in [6, 6.07) is 11.4. The summed E-state index contributed by atoms with van der Waals surface area (Å²) in [4.78, 5) is 16.9. The van der Waals surface area contributed by atoms with Crippen LogP contribution in [0, 0.1) is 17.0 Å². The number of nitro benzene ring substituents is 1. The molecule has 8 nitrogen and oxygen atoms in total. The molecule has 0 radical (unpaired) electrons. The molecule has 0 atom stereocenters. The van der Waals surface area contributed by atoms with Crippen LogP contribution in [0.3, 0.4) is 0 Å². The number of halogens is 1. The summed E-state index contributed by atoms with van der Waals surface area (Å²) in [7, 11) is -3.71. The van der Waals surface area contributed by atoms with E-state index in [0.29, 0.717) is 24.3 Å².